The number of carbonyl (C=O) groups is 3. The standard InChI is InChI=1S/C11H21O5P.C7H11BrO2.C7H12O3.C6H15O3P.C5H10O.CH4/c1-5-14-11(12)8-10(4)9-17(13,15-6-2)16-7-3;2*1-3-10-7(9)4-6(2)5-8;1-4-7-10(8-5-2)9-6-3;1-5-3-2-4-6-5;/h8H,5-7,9H2,1-4H3;4H,3,5H2,1-2H3;4,8H,3,5H2,1-2H3;4-6H2,1-3H3;5H,2-4H2,1H3;1H4/b10-8+;2*6-4+;;;. The van der Waals surface area contributed by atoms with E-state index >= 15 is 0 Å². The molecule has 0 aliphatic carbocycles. The summed E-state index contributed by atoms with van der Waals surface area (Å²) < 4.78 is 57.0. The maximum atomic E-state index is 12.1. The molecule has 1 aliphatic heterocycles. The minimum atomic E-state index is -3.13. The van der Waals surface area contributed by atoms with E-state index in [4.69, 9.17) is 37.2 Å². The molecule has 322 valence electrons. The van der Waals surface area contributed by atoms with Crippen molar-refractivity contribution in [3.8, 4) is 0 Å². The molecule has 1 N–H and O–H groups in total. The summed E-state index contributed by atoms with van der Waals surface area (Å²) in [5.74, 6) is -1.10. The van der Waals surface area contributed by atoms with Gasteiger partial charge in [-0.15, -0.1) is 0 Å². The van der Waals surface area contributed by atoms with Crippen molar-refractivity contribution in [3.05, 3.63) is 34.9 Å². The van der Waals surface area contributed by atoms with Gasteiger partial charge >= 0.3 is 34.1 Å². The van der Waals surface area contributed by atoms with Gasteiger partial charge in [0.2, 0.25) is 0 Å². The van der Waals surface area contributed by atoms with Gasteiger partial charge < -0.3 is 46.7 Å². The molecule has 1 rings (SSSR count). The normalized spacial score (nSPS) is 14.0. The number of allylic oxidation sites excluding steroid dienone is 2. The molecule has 0 saturated carbocycles. The molecule has 1 fully saturated rings. The van der Waals surface area contributed by atoms with E-state index < -0.39 is 28.1 Å². The molecule has 14 nitrogen and oxygen atoms in total. The average molecular weight is 884 g/mol. The Morgan fingerprint density at radius 3 is 1.35 bits per heavy atom. The Morgan fingerprint density at radius 1 is 0.704 bits per heavy atom. The molecular weight excluding hydrogens is 810 g/mol. The van der Waals surface area contributed by atoms with Crippen molar-refractivity contribution in [1.82, 2.24) is 0 Å². The van der Waals surface area contributed by atoms with Crippen LogP contribution in [-0.2, 0) is 60.5 Å². The van der Waals surface area contributed by atoms with Crippen molar-refractivity contribution in [1.29, 1.82) is 0 Å². The van der Waals surface area contributed by atoms with Crippen molar-refractivity contribution in [3.63, 3.8) is 0 Å². The van der Waals surface area contributed by atoms with E-state index in [1.54, 1.807) is 48.5 Å². The number of halogens is 1. The fourth-order valence-electron chi connectivity index (χ4n) is 3.28. The van der Waals surface area contributed by atoms with Crippen LogP contribution in [0.1, 0.15) is 103 Å². The highest BCUT2D eigenvalue weighted by Crippen LogP contribution is 2.49. The van der Waals surface area contributed by atoms with Crippen LogP contribution in [0.15, 0.2) is 34.9 Å². The van der Waals surface area contributed by atoms with Crippen LogP contribution in [0.4, 0.5) is 0 Å². The van der Waals surface area contributed by atoms with Crippen molar-refractivity contribution < 1.29 is 65.6 Å². The lowest BCUT2D eigenvalue weighted by molar-refractivity contribution is -0.138. The summed E-state index contributed by atoms with van der Waals surface area (Å²) >= 11 is 3.22. The third-order valence-electron chi connectivity index (χ3n) is 5.37. The Bertz CT molecular complexity index is 990. The molecule has 1 unspecified atom stereocenters. The third kappa shape index (κ3) is 44.9. The second kappa shape index (κ2) is 44.2. The zero-order valence-electron chi connectivity index (χ0n) is 34.2. The average Bonchev–Trinajstić information content (AvgIpc) is 3.57. The number of ether oxygens (including phenoxy) is 4. The molecule has 0 aromatic heterocycles. The highest BCUT2D eigenvalue weighted by molar-refractivity contribution is 9.09. The van der Waals surface area contributed by atoms with Gasteiger partial charge in [0.1, 0.15) is 0 Å². The first-order chi connectivity index (χ1) is 25.1. The molecule has 0 bridgehead atoms. The lowest BCUT2D eigenvalue weighted by Crippen LogP contribution is -2.05. The van der Waals surface area contributed by atoms with Gasteiger partial charge in [-0.3, -0.25) is 4.57 Å². The van der Waals surface area contributed by atoms with E-state index in [1.165, 1.54) is 31.1 Å². The molecule has 54 heavy (non-hydrogen) atoms. The van der Waals surface area contributed by atoms with Crippen LogP contribution in [0, 0.1) is 0 Å². The number of hydrogen-bond donors (Lipinski definition) is 1. The number of rotatable bonds is 20. The van der Waals surface area contributed by atoms with Gasteiger partial charge in [-0.25, -0.2) is 14.4 Å². The van der Waals surface area contributed by atoms with Gasteiger partial charge in [-0.05, 0) is 101 Å². The quantitative estimate of drug-likeness (QED) is 0.0403. The first kappa shape index (κ1) is 61.7. The van der Waals surface area contributed by atoms with Gasteiger partial charge in [0, 0.05) is 30.2 Å². The summed E-state index contributed by atoms with van der Waals surface area (Å²) in [4.78, 5) is 32.5. The van der Waals surface area contributed by atoms with E-state index in [0.29, 0.717) is 75.4 Å². The highest BCUT2D eigenvalue weighted by atomic mass is 79.9. The molecule has 0 radical (unpaired) electrons. The van der Waals surface area contributed by atoms with Crippen molar-refractivity contribution in [2.45, 2.75) is 109 Å². The van der Waals surface area contributed by atoms with Crippen molar-refractivity contribution >= 4 is 50.0 Å². The summed E-state index contributed by atoms with van der Waals surface area (Å²) in [6.07, 6.45) is 7.26. The molecule has 1 saturated heterocycles. The van der Waals surface area contributed by atoms with Gasteiger partial charge in [0.15, 0.2) is 0 Å². The van der Waals surface area contributed by atoms with Gasteiger partial charge in [-0.2, -0.15) is 0 Å². The van der Waals surface area contributed by atoms with Crippen LogP contribution in [-0.4, -0.2) is 107 Å². The zero-order chi connectivity index (χ0) is 41.5. The Kier molecular flexibility index (Phi) is 50.5. The smallest absolute Gasteiger partial charge is 0.334 e. The number of aliphatic hydroxyl groups is 1. The molecule has 1 atom stereocenters. The van der Waals surface area contributed by atoms with Crippen LogP contribution in [0.2, 0.25) is 0 Å². The number of aliphatic hydroxyl groups excluding tert-OH is 1. The third-order valence-corrected chi connectivity index (χ3v) is 9.85. The topological polar surface area (TPSA) is 172 Å². The fraction of sp³-hybridized carbons (Fsp3) is 0.757. The van der Waals surface area contributed by atoms with Crippen LogP contribution in [0.5, 0.6) is 0 Å². The maximum absolute atomic E-state index is 12.1. The van der Waals surface area contributed by atoms with Gasteiger partial charge in [0.05, 0.1) is 71.7 Å². The Labute approximate surface area is 336 Å². The molecule has 1 aliphatic rings. The molecule has 0 aromatic carbocycles. The number of esters is 3. The van der Waals surface area contributed by atoms with E-state index in [0.717, 1.165) is 12.2 Å². The van der Waals surface area contributed by atoms with E-state index in [2.05, 4.69) is 32.3 Å². The number of carbonyl (C=O) groups excluding carboxylic acids is 3. The monoisotopic (exact) mass is 882 g/mol. The first-order valence-corrected chi connectivity index (χ1v) is 21.9. The minimum Gasteiger partial charge on any atom is -0.463 e. The summed E-state index contributed by atoms with van der Waals surface area (Å²) in [5.41, 5.74) is 2.20. The van der Waals surface area contributed by atoms with Crippen LogP contribution < -0.4 is 0 Å². The van der Waals surface area contributed by atoms with E-state index in [1.807, 2.05) is 27.7 Å². The number of alkyl halides is 1. The van der Waals surface area contributed by atoms with E-state index in [9.17, 15) is 18.9 Å². The lowest BCUT2D eigenvalue weighted by Gasteiger charge is -2.16. The summed E-state index contributed by atoms with van der Waals surface area (Å²) in [6, 6.07) is 0. The maximum Gasteiger partial charge on any atom is 0.334 e. The highest BCUT2D eigenvalue weighted by Gasteiger charge is 2.24. The predicted octanol–water partition coefficient (Wildman–Crippen LogP) is 9.28. The zero-order valence-corrected chi connectivity index (χ0v) is 37.6. The summed E-state index contributed by atoms with van der Waals surface area (Å²) in [7, 11) is -4.19. The summed E-state index contributed by atoms with van der Waals surface area (Å²) in [6.45, 7) is 26.4. The predicted molar refractivity (Wildman–Crippen MR) is 221 cm³/mol. The van der Waals surface area contributed by atoms with E-state index in [-0.39, 0.29) is 26.2 Å². The second-order valence-electron chi connectivity index (χ2n) is 10.4. The van der Waals surface area contributed by atoms with Crippen LogP contribution in [0.25, 0.3) is 0 Å². The SMILES string of the molecule is C.CC1CCCO1.CCOC(=O)/C=C(\C)CBr.CCOC(=O)/C=C(\C)CO.CCOC(=O)/C=C(\C)CP(=O)(OCC)OCC.CCOP(OCC)OCC. The van der Waals surface area contributed by atoms with Crippen LogP contribution in [0.3, 0.4) is 0 Å². The molecule has 0 amide bonds. The second-order valence-corrected chi connectivity index (χ2v) is 14.3. The number of hydrogen-bond acceptors (Lipinski definition) is 14. The van der Waals surface area contributed by atoms with Gasteiger partial charge in [-0.1, -0.05) is 34.5 Å². The van der Waals surface area contributed by atoms with Crippen LogP contribution >= 0.6 is 32.1 Å². The largest absolute Gasteiger partial charge is 0.463 e. The first-order valence-electron chi connectivity index (χ1n) is 18.0. The molecule has 1 heterocycles. The lowest BCUT2D eigenvalue weighted by atomic mass is 10.3. The molecule has 0 aromatic rings. The fourth-order valence-corrected chi connectivity index (χ4v) is 6.04. The van der Waals surface area contributed by atoms with Gasteiger partial charge in [0.25, 0.3) is 0 Å². The van der Waals surface area contributed by atoms with Crippen molar-refractivity contribution in [2.75, 3.05) is 77.6 Å². The summed E-state index contributed by atoms with van der Waals surface area (Å²) in [5, 5.41) is 9.19. The Morgan fingerprint density at radius 2 is 1.09 bits per heavy atom. The Balaban J connectivity index is -0.000000191. The Hall–Kier alpha value is -1.51. The molecule has 17 heteroatoms. The molecular formula is C37H73BrO14P2. The minimum absolute atomic E-state index is 0. The molecule has 0 spiro atoms. The van der Waals surface area contributed by atoms with Crippen molar-refractivity contribution in [2.24, 2.45) is 0 Å².